The Morgan fingerprint density at radius 2 is 1.69 bits per heavy atom. The number of benzene rings is 3. The summed E-state index contributed by atoms with van der Waals surface area (Å²) in [6.45, 7) is 5.28. The first-order chi connectivity index (χ1) is 20.1. The number of carbonyl (C=O) groups is 3. The van der Waals surface area contributed by atoms with Crippen LogP contribution in [0.15, 0.2) is 78.9 Å². The number of ether oxygens (including phenoxy) is 1. The molecule has 3 N–H and O–H groups in total. The summed E-state index contributed by atoms with van der Waals surface area (Å²) in [6, 6.07) is 21.6. The predicted molar refractivity (Wildman–Crippen MR) is 160 cm³/mol. The topological polar surface area (TPSA) is 108 Å². The molecule has 6 rings (SSSR count). The van der Waals surface area contributed by atoms with Crippen molar-refractivity contribution in [2.45, 2.75) is 50.5 Å². The van der Waals surface area contributed by atoms with Gasteiger partial charge in [-0.05, 0) is 55.5 Å². The third-order valence-electron chi connectivity index (χ3n) is 9.49. The highest BCUT2D eigenvalue weighted by molar-refractivity contribution is 6.34. The van der Waals surface area contributed by atoms with Crippen molar-refractivity contribution in [3.8, 4) is 0 Å². The fourth-order valence-electron chi connectivity index (χ4n) is 7.46. The molecular formula is C33H34ClN3O5. The van der Waals surface area contributed by atoms with E-state index in [0.29, 0.717) is 28.4 Å². The maximum absolute atomic E-state index is 14.6. The molecule has 2 bridgehead atoms. The fourth-order valence-corrected chi connectivity index (χ4v) is 7.73. The zero-order valence-electron chi connectivity index (χ0n) is 23.7. The number of carbonyl (C=O) groups excluding carboxylic acids is 3. The van der Waals surface area contributed by atoms with Crippen LogP contribution in [0.2, 0.25) is 5.02 Å². The van der Waals surface area contributed by atoms with Crippen LogP contribution in [0.25, 0.3) is 0 Å². The minimum absolute atomic E-state index is 0.130. The number of aryl methyl sites for hydroxylation is 1. The molecular weight excluding hydrogens is 554 g/mol. The molecule has 3 heterocycles. The van der Waals surface area contributed by atoms with E-state index in [1.807, 2.05) is 75.4 Å². The Balaban J connectivity index is 1.47. The first-order valence-electron chi connectivity index (χ1n) is 14.2. The average molecular weight is 588 g/mol. The smallest absolute Gasteiger partial charge is 0.250 e. The predicted octanol–water partition coefficient (Wildman–Crippen LogP) is 4.97. The number of rotatable bonds is 7. The molecule has 3 aliphatic heterocycles. The second-order valence-corrected chi connectivity index (χ2v) is 12.2. The van der Waals surface area contributed by atoms with Crippen molar-refractivity contribution < 1.29 is 24.2 Å². The number of likely N-dealkylation sites (tertiary alicyclic amines) is 1. The van der Waals surface area contributed by atoms with E-state index in [2.05, 4.69) is 10.6 Å². The minimum Gasteiger partial charge on any atom is -0.394 e. The summed E-state index contributed by atoms with van der Waals surface area (Å²) in [5.41, 5.74) is 0.229. The van der Waals surface area contributed by atoms with Gasteiger partial charge < -0.3 is 25.4 Å². The van der Waals surface area contributed by atoms with E-state index in [1.54, 1.807) is 24.3 Å². The van der Waals surface area contributed by atoms with Crippen molar-refractivity contribution in [3.63, 3.8) is 0 Å². The zero-order valence-corrected chi connectivity index (χ0v) is 24.5. The van der Waals surface area contributed by atoms with Gasteiger partial charge in [-0.15, -0.1) is 0 Å². The molecule has 218 valence electrons. The van der Waals surface area contributed by atoms with E-state index < -0.39 is 53.5 Å². The largest absolute Gasteiger partial charge is 0.394 e. The molecule has 0 saturated carbocycles. The molecule has 3 amide bonds. The van der Waals surface area contributed by atoms with Gasteiger partial charge in [0.25, 0.3) is 0 Å². The summed E-state index contributed by atoms with van der Waals surface area (Å²) in [5, 5.41) is 17.0. The third-order valence-corrected chi connectivity index (χ3v) is 9.80. The Labute approximate surface area is 250 Å². The number of amides is 3. The molecule has 3 fully saturated rings. The minimum atomic E-state index is -1.29. The zero-order chi connectivity index (χ0) is 29.8. The fraction of sp³-hybridized carbons (Fsp3) is 0.364. The van der Waals surface area contributed by atoms with Crippen LogP contribution in [0.3, 0.4) is 0 Å². The summed E-state index contributed by atoms with van der Waals surface area (Å²) < 4.78 is 6.82. The molecule has 7 atom stereocenters. The third kappa shape index (κ3) is 4.23. The average Bonchev–Trinajstić information content (AvgIpc) is 3.49. The molecule has 3 unspecified atom stereocenters. The van der Waals surface area contributed by atoms with Crippen LogP contribution < -0.4 is 10.6 Å². The van der Waals surface area contributed by atoms with Gasteiger partial charge in [-0.3, -0.25) is 14.4 Å². The van der Waals surface area contributed by atoms with Crippen molar-refractivity contribution in [1.82, 2.24) is 4.90 Å². The van der Waals surface area contributed by atoms with E-state index in [1.165, 1.54) is 4.90 Å². The Kier molecular flexibility index (Phi) is 7.12. The summed E-state index contributed by atoms with van der Waals surface area (Å²) in [7, 11) is 0. The normalized spacial score (nSPS) is 30.2. The number of hydrogen-bond donors (Lipinski definition) is 3. The molecule has 3 aromatic carbocycles. The van der Waals surface area contributed by atoms with Crippen molar-refractivity contribution in [3.05, 3.63) is 95.0 Å². The van der Waals surface area contributed by atoms with E-state index in [0.717, 1.165) is 5.56 Å². The number of nitrogens with one attached hydrogen (secondary N) is 2. The van der Waals surface area contributed by atoms with Gasteiger partial charge in [0.15, 0.2) is 0 Å². The van der Waals surface area contributed by atoms with Crippen LogP contribution in [0.4, 0.5) is 11.4 Å². The lowest BCUT2D eigenvalue weighted by Crippen LogP contribution is -2.54. The molecule has 3 saturated heterocycles. The van der Waals surface area contributed by atoms with E-state index in [9.17, 15) is 19.5 Å². The van der Waals surface area contributed by atoms with Gasteiger partial charge in [-0.25, -0.2) is 0 Å². The van der Waals surface area contributed by atoms with Crippen molar-refractivity contribution >= 4 is 40.7 Å². The first kappa shape index (κ1) is 28.4. The highest BCUT2D eigenvalue weighted by Crippen LogP contribution is 2.66. The maximum Gasteiger partial charge on any atom is 0.250 e. The summed E-state index contributed by atoms with van der Waals surface area (Å²) in [5.74, 6) is -3.11. The van der Waals surface area contributed by atoms with Crippen molar-refractivity contribution in [1.29, 1.82) is 0 Å². The van der Waals surface area contributed by atoms with Gasteiger partial charge in [0.1, 0.15) is 11.6 Å². The van der Waals surface area contributed by atoms with Crippen LogP contribution >= 0.6 is 11.6 Å². The van der Waals surface area contributed by atoms with Crippen LogP contribution in [0.5, 0.6) is 0 Å². The monoisotopic (exact) mass is 587 g/mol. The molecule has 42 heavy (non-hydrogen) atoms. The summed E-state index contributed by atoms with van der Waals surface area (Å²) in [6.07, 6.45) is 0.401. The molecule has 0 aliphatic carbocycles. The number of halogens is 1. The van der Waals surface area contributed by atoms with Crippen LogP contribution in [-0.4, -0.2) is 51.6 Å². The van der Waals surface area contributed by atoms with E-state index >= 15 is 0 Å². The first-order valence-corrected chi connectivity index (χ1v) is 14.6. The highest BCUT2D eigenvalue weighted by Gasteiger charge is 2.80. The molecule has 3 aromatic rings. The highest BCUT2D eigenvalue weighted by atomic mass is 35.5. The molecule has 0 aromatic heterocycles. The summed E-state index contributed by atoms with van der Waals surface area (Å²) >= 11 is 6.49. The van der Waals surface area contributed by atoms with Crippen LogP contribution in [-0.2, 0) is 19.1 Å². The van der Waals surface area contributed by atoms with Crippen molar-refractivity contribution in [2.75, 3.05) is 17.2 Å². The Morgan fingerprint density at radius 3 is 2.33 bits per heavy atom. The van der Waals surface area contributed by atoms with Gasteiger partial charge in [0.2, 0.25) is 17.7 Å². The van der Waals surface area contributed by atoms with Crippen LogP contribution in [0.1, 0.15) is 37.4 Å². The molecule has 9 heteroatoms. The molecule has 1 spiro atoms. The van der Waals surface area contributed by atoms with Gasteiger partial charge in [0, 0.05) is 5.69 Å². The number of fused-ring (bicyclic) bond motifs is 1. The number of anilines is 2. The Hall–Kier alpha value is -3.72. The van der Waals surface area contributed by atoms with Crippen LogP contribution in [0, 0.1) is 24.7 Å². The lowest BCUT2D eigenvalue weighted by Gasteiger charge is -2.37. The Morgan fingerprint density at radius 1 is 1.02 bits per heavy atom. The summed E-state index contributed by atoms with van der Waals surface area (Å²) in [4.78, 5) is 44.4. The molecule has 8 nitrogen and oxygen atoms in total. The maximum atomic E-state index is 14.6. The number of aliphatic hydroxyl groups is 1. The molecule has 3 aliphatic rings. The Bertz CT molecular complexity index is 1510. The van der Waals surface area contributed by atoms with Crippen molar-refractivity contribution in [2.24, 2.45) is 17.8 Å². The number of nitrogens with zero attached hydrogens (tertiary/aromatic N) is 1. The number of aliphatic hydroxyl groups excluding tert-OH is 1. The van der Waals surface area contributed by atoms with Gasteiger partial charge in [-0.2, -0.15) is 0 Å². The van der Waals surface area contributed by atoms with Gasteiger partial charge in [-0.1, -0.05) is 79.2 Å². The lowest BCUT2D eigenvalue weighted by molar-refractivity contribution is -0.148. The molecule has 0 radical (unpaired) electrons. The lowest BCUT2D eigenvalue weighted by atomic mass is 9.62. The number of para-hydroxylation sites is 2. The second-order valence-electron chi connectivity index (χ2n) is 11.8. The SMILES string of the molecule is Cc1cccc(Cl)c1NC(=O)C1N([C@H](CO)c2ccccc2)C(=O)[C@@H]2[C@@H](C(=O)Nc3ccccc3)[C@]3(C)OC12CC3C. The second kappa shape index (κ2) is 10.5. The standard InChI is InChI=1S/C33H34ClN3O5/c1-19-11-10-16-23(34)27(19)36-30(40)28-33-17-20(2)32(3,42-33)25(29(39)35-22-14-8-5-9-15-22)26(33)31(41)37(28)24(18-38)21-12-6-4-7-13-21/h4-16,20,24-26,28,38H,17-18H2,1-3H3,(H,35,39)(H,36,40)/t20?,24-,25+,26+,28?,32-,33?/m1/s1. The van der Waals surface area contributed by atoms with Gasteiger partial charge >= 0.3 is 0 Å². The van der Waals surface area contributed by atoms with Gasteiger partial charge in [0.05, 0.1) is 40.8 Å². The number of hydrogen-bond acceptors (Lipinski definition) is 5. The quantitative estimate of drug-likeness (QED) is 0.362. The van der Waals surface area contributed by atoms with E-state index in [4.69, 9.17) is 16.3 Å². The van der Waals surface area contributed by atoms with E-state index in [-0.39, 0.29) is 11.8 Å².